The van der Waals surface area contributed by atoms with Crippen molar-refractivity contribution in [1.29, 1.82) is 0 Å². The van der Waals surface area contributed by atoms with Crippen LogP contribution in [-0.4, -0.2) is 60.5 Å². The molecule has 0 unspecified atom stereocenters. The Bertz CT molecular complexity index is 1430. The summed E-state index contributed by atoms with van der Waals surface area (Å²) in [6, 6.07) is 13.9. The van der Waals surface area contributed by atoms with Crippen LogP contribution in [0.5, 0.6) is 0 Å². The molecule has 194 valence electrons. The second-order valence-corrected chi connectivity index (χ2v) is 10.3. The van der Waals surface area contributed by atoms with Gasteiger partial charge in [0.15, 0.2) is 11.6 Å². The van der Waals surface area contributed by atoms with Gasteiger partial charge in [0.2, 0.25) is 5.95 Å². The molecule has 2 fully saturated rings. The topological polar surface area (TPSA) is 76.6 Å². The fraction of sp³-hybridized carbons (Fsp3) is 0.345. The summed E-state index contributed by atoms with van der Waals surface area (Å²) in [5.41, 5.74) is 4.65. The highest BCUT2D eigenvalue weighted by Gasteiger charge is 2.52. The molecule has 3 aromatic rings. The number of hydrogen-bond donors (Lipinski definition) is 2. The van der Waals surface area contributed by atoms with Crippen molar-refractivity contribution in [2.45, 2.75) is 25.2 Å². The average Bonchev–Trinajstić information content (AvgIpc) is 3.63. The number of aromatic nitrogens is 2. The normalized spacial score (nSPS) is 17.6. The second kappa shape index (κ2) is 9.62. The van der Waals surface area contributed by atoms with E-state index in [1.54, 1.807) is 11.8 Å². The van der Waals surface area contributed by atoms with Gasteiger partial charge in [-0.2, -0.15) is 4.98 Å². The van der Waals surface area contributed by atoms with Gasteiger partial charge in [0.25, 0.3) is 0 Å². The number of halogens is 1. The monoisotopic (exact) mass is 511 g/mol. The maximum atomic E-state index is 14.7. The number of benzene rings is 2. The number of rotatable bonds is 5. The molecule has 1 aromatic heterocycles. The molecule has 2 N–H and O–H groups in total. The van der Waals surface area contributed by atoms with Crippen LogP contribution in [0, 0.1) is 17.7 Å². The first-order chi connectivity index (χ1) is 18.4. The lowest BCUT2D eigenvalue weighted by molar-refractivity contribution is -0.113. The quantitative estimate of drug-likeness (QED) is 0.496. The average molecular weight is 512 g/mol. The van der Waals surface area contributed by atoms with Gasteiger partial charge in [-0.1, -0.05) is 12.0 Å². The molecule has 1 amide bonds. The summed E-state index contributed by atoms with van der Waals surface area (Å²) in [5, 5.41) is 6.24. The Morgan fingerprint density at radius 2 is 1.76 bits per heavy atom. The Morgan fingerprint density at radius 3 is 2.47 bits per heavy atom. The molecule has 1 aliphatic carbocycles. The third-order valence-electron chi connectivity index (χ3n) is 7.65. The van der Waals surface area contributed by atoms with E-state index in [1.165, 1.54) is 5.69 Å². The minimum Gasteiger partial charge on any atom is -0.369 e. The molecule has 38 heavy (non-hydrogen) atoms. The summed E-state index contributed by atoms with van der Waals surface area (Å²) in [6.45, 7) is 6.40. The molecule has 1 spiro atoms. The molecule has 3 heterocycles. The Hall–Kier alpha value is -4.16. The van der Waals surface area contributed by atoms with Crippen molar-refractivity contribution in [3.05, 3.63) is 60.0 Å². The lowest BCUT2D eigenvalue weighted by Gasteiger charge is -2.34. The summed E-state index contributed by atoms with van der Waals surface area (Å²) in [6.07, 6.45) is 3.26. The van der Waals surface area contributed by atoms with E-state index in [0.717, 1.165) is 62.2 Å². The fourth-order valence-electron chi connectivity index (χ4n) is 5.29. The number of likely N-dealkylation sites (N-methyl/N-ethyl adjacent to an activating group) is 1. The molecule has 0 radical (unpaired) electrons. The van der Waals surface area contributed by atoms with E-state index in [9.17, 15) is 9.18 Å². The highest BCUT2D eigenvalue weighted by Crippen LogP contribution is 2.57. The molecule has 9 heteroatoms. The van der Waals surface area contributed by atoms with Gasteiger partial charge in [-0.25, -0.2) is 9.37 Å². The van der Waals surface area contributed by atoms with E-state index in [1.807, 2.05) is 30.3 Å². The number of nitrogens with zero attached hydrogens (tertiary/aromatic N) is 5. The van der Waals surface area contributed by atoms with Crippen LogP contribution in [0.2, 0.25) is 0 Å². The lowest BCUT2D eigenvalue weighted by Crippen LogP contribution is -2.44. The molecule has 6 rings (SSSR count). The maximum Gasteiger partial charge on any atom is 0.302 e. The van der Waals surface area contributed by atoms with Gasteiger partial charge in [0.05, 0.1) is 11.9 Å². The first kappa shape index (κ1) is 24.2. The van der Waals surface area contributed by atoms with Crippen molar-refractivity contribution in [1.82, 2.24) is 14.9 Å². The minimum absolute atomic E-state index is 0.0378. The molecule has 0 atom stereocenters. The van der Waals surface area contributed by atoms with Gasteiger partial charge in [-0.05, 0) is 74.7 Å². The molecule has 1 saturated heterocycles. The van der Waals surface area contributed by atoms with Crippen molar-refractivity contribution >= 4 is 40.4 Å². The molecule has 8 nitrogen and oxygen atoms in total. The van der Waals surface area contributed by atoms with Crippen LogP contribution < -0.4 is 20.4 Å². The van der Waals surface area contributed by atoms with Gasteiger partial charge < -0.3 is 25.3 Å². The number of anilines is 6. The van der Waals surface area contributed by atoms with Crippen molar-refractivity contribution in [2.75, 3.05) is 60.2 Å². The van der Waals surface area contributed by atoms with Crippen molar-refractivity contribution < 1.29 is 9.18 Å². The molecule has 2 aromatic carbocycles. The number of nitrogens with one attached hydrogen (secondary N) is 2. The minimum atomic E-state index is -0.565. The Labute approximate surface area is 221 Å². The van der Waals surface area contributed by atoms with E-state index < -0.39 is 5.82 Å². The van der Waals surface area contributed by atoms with Gasteiger partial charge in [0.1, 0.15) is 0 Å². The summed E-state index contributed by atoms with van der Waals surface area (Å²) in [7, 11) is 2.14. The number of carbonyl (C=O) groups excluding carboxylic acids is 1. The maximum absolute atomic E-state index is 14.7. The molecule has 1 saturated carbocycles. The predicted octanol–water partition coefficient (Wildman–Crippen LogP) is 4.26. The van der Waals surface area contributed by atoms with E-state index in [-0.39, 0.29) is 23.1 Å². The van der Waals surface area contributed by atoms with Crippen molar-refractivity contribution in [3.8, 4) is 11.8 Å². The zero-order chi connectivity index (χ0) is 26.3. The van der Waals surface area contributed by atoms with Gasteiger partial charge in [-0.15, -0.1) is 0 Å². The number of hydrogen-bond acceptors (Lipinski definition) is 7. The van der Waals surface area contributed by atoms with E-state index in [0.29, 0.717) is 12.2 Å². The molecule has 3 aliphatic rings. The largest absolute Gasteiger partial charge is 0.369 e. The molecular weight excluding hydrogens is 481 g/mol. The SMILES string of the molecule is CC#CC(=O)N1CC2(CC2)c2ccc(Nc3nc(Nc4ccc(N5CCN(C)CC5)cc4)ncc3F)cc21. The Morgan fingerprint density at radius 1 is 1.03 bits per heavy atom. The Kier molecular flexibility index (Phi) is 6.12. The first-order valence-electron chi connectivity index (χ1n) is 12.9. The zero-order valence-corrected chi connectivity index (χ0v) is 21.6. The van der Waals surface area contributed by atoms with Gasteiger partial charge in [-0.3, -0.25) is 4.79 Å². The fourth-order valence-corrected chi connectivity index (χ4v) is 5.29. The second-order valence-electron chi connectivity index (χ2n) is 10.3. The number of piperazine rings is 1. The lowest BCUT2D eigenvalue weighted by atomic mass is 9.98. The molecule has 2 aliphatic heterocycles. The third-order valence-corrected chi connectivity index (χ3v) is 7.65. The first-order valence-corrected chi connectivity index (χ1v) is 12.9. The van der Waals surface area contributed by atoms with Crippen LogP contribution in [0.4, 0.5) is 38.9 Å². The number of fused-ring (bicyclic) bond motifs is 2. The van der Waals surface area contributed by atoms with Crippen LogP contribution >= 0.6 is 0 Å². The molecule has 0 bridgehead atoms. The van der Waals surface area contributed by atoms with Crippen molar-refractivity contribution in [3.63, 3.8) is 0 Å². The van der Waals surface area contributed by atoms with E-state index >= 15 is 0 Å². The summed E-state index contributed by atoms with van der Waals surface area (Å²) in [5.74, 6) is 4.91. The number of carbonyl (C=O) groups is 1. The number of amides is 1. The van der Waals surface area contributed by atoms with Gasteiger partial charge >= 0.3 is 5.91 Å². The van der Waals surface area contributed by atoms with Crippen LogP contribution in [0.1, 0.15) is 25.3 Å². The Balaban J connectivity index is 1.18. The van der Waals surface area contributed by atoms with Crippen LogP contribution in [-0.2, 0) is 10.2 Å². The smallest absolute Gasteiger partial charge is 0.302 e. The third kappa shape index (κ3) is 4.63. The van der Waals surface area contributed by atoms with E-state index in [2.05, 4.69) is 61.4 Å². The van der Waals surface area contributed by atoms with Crippen molar-refractivity contribution in [2.24, 2.45) is 0 Å². The summed E-state index contributed by atoms with van der Waals surface area (Å²) in [4.78, 5) is 27.5. The van der Waals surface area contributed by atoms with Gasteiger partial charge in [0, 0.05) is 55.2 Å². The predicted molar refractivity (Wildman–Crippen MR) is 148 cm³/mol. The highest BCUT2D eigenvalue weighted by atomic mass is 19.1. The van der Waals surface area contributed by atoms with E-state index in [4.69, 9.17) is 0 Å². The highest BCUT2D eigenvalue weighted by molar-refractivity contribution is 6.08. The summed E-state index contributed by atoms with van der Waals surface area (Å²) < 4.78 is 14.7. The molecular formula is C29H30FN7O. The van der Waals surface area contributed by atoms with Crippen LogP contribution in [0.3, 0.4) is 0 Å². The van der Waals surface area contributed by atoms with Crippen LogP contribution in [0.15, 0.2) is 48.7 Å². The zero-order valence-electron chi connectivity index (χ0n) is 21.6. The standard InChI is InChI=1S/C29H30FN7O/c1-3-4-26(38)37-19-29(11-12-29)23-10-7-21(17-25(23)37)32-27-24(30)18-31-28(34-27)33-20-5-8-22(9-6-20)36-15-13-35(2)14-16-36/h5-10,17-18H,11-16,19H2,1-2H3,(H2,31,32,33,34). The van der Waals surface area contributed by atoms with Crippen LogP contribution in [0.25, 0.3) is 0 Å². The summed E-state index contributed by atoms with van der Waals surface area (Å²) >= 11 is 0.